The van der Waals surface area contributed by atoms with Gasteiger partial charge in [-0.15, -0.1) is 5.10 Å². The quantitative estimate of drug-likeness (QED) is 0.236. The Morgan fingerprint density at radius 3 is 2.52 bits per heavy atom. The number of anilines is 1. The van der Waals surface area contributed by atoms with Crippen molar-refractivity contribution in [2.45, 2.75) is 10.8 Å². The topological polar surface area (TPSA) is 46.9 Å². The number of halogens is 1. The highest BCUT2D eigenvalue weighted by molar-refractivity contribution is 8.01. The van der Waals surface area contributed by atoms with Crippen LogP contribution >= 0.6 is 46.9 Å². The maximum atomic E-state index is 12.6. The number of thioether (sulfide) groups is 1. The zero-order valence-electron chi connectivity index (χ0n) is 16.3. The van der Waals surface area contributed by atoms with E-state index < -0.39 is 0 Å². The van der Waals surface area contributed by atoms with Gasteiger partial charge in [0.25, 0.3) is 0 Å². The van der Waals surface area contributed by atoms with Crippen molar-refractivity contribution >= 4 is 58.5 Å². The summed E-state index contributed by atoms with van der Waals surface area (Å²) in [6, 6.07) is 25.4. The van der Waals surface area contributed by atoms with Gasteiger partial charge in [0.1, 0.15) is 0 Å². The van der Waals surface area contributed by atoms with Gasteiger partial charge < -0.3 is 5.32 Å². The molecule has 1 amide bonds. The Labute approximate surface area is 198 Å². The van der Waals surface area contributed by atoms with Crippen molar-refractivity contribution in [3.05, 3.63) is 99.0 Å². The maximum absolute atomic E-state index is 12.6. The lowest BCUT2D eigenvalue weighted by Crippen LogP contribution is -2.15. The average molecular weight is 484 g/mol. The number of rotatable bonds is 7. The SMILES string of the molecule is O=C(CSc1nn(-c2ccc(Cl)cc2)c(=S)s1)Nc1ccccc1Cc1ccccc1. The summed E-state index contributed by atoms with van der Waals surface area (Å²) in [4.78, 5) is 12.6. The highest BCUT2D eigenvalue weighted by Gasteiger charge is 2.11. The van der Waals surface area contributed by atoms with E-state index in [-0.39, 0.29) is 11.7 Å². The number of carbonyl (C=O) groups is 1. The minimum absolute atomic E-state index is 0.0790. The fourth-order valence-electron chi connectivity index (χ4n) is 2.99. The maximum Gasteiger partial charge on any atom is 0.234 e. The first kappa shape index (κ1) is 21.8. The van der Waals surface area contributed by atoms with Crippen molar-refractivity contribution in [1.82, 2.24) is 9.78 Å². The van der Waals surface area contributed by atoms with E-state index in [4.69, 9.17) is 23.8 Å². The van der Waals surface area contributed by atoms with E-state index >= 15 is 0 Å². The smallest absolute Gasteiger partial charge is 0.234 e. The van der Waals surface area contributed by atoms with Gasteiger partial charge in [-0.2, -0.15) is 0 Å². The van der Waals surface area contributed by atoms with Gasteiger partial charge in [-0.25, -0.2) is 4.68 Å². The number of aromatic nitrogens is 2. The molecule has 156 valence electrons. The minimum atomic E-state index is -0.0790. The van der Waals surface area contributed by atoms with E-state index in [1.807, 2.05) is 54.6 Å². The molecule has 4 rings (SSSR count). The number of amides is 1. The summed E-state index contributed by atoms with van der Waals surface area (Å²) in [5.41, 5.74) is 3.95. The Bertz CT molecular complexity index is 1240. The lowest BCUT2D eigenvalue weighted by Gasteiger charge is -2.11. The minimum Gasteiger partial charge on any atom is -0.325 e. The Morgan fingerprint density at radius 2 is 1.74 bits per heavy atom. The van der Waals surface area contributed by atoms with Crippen LogP contribution in [0.5, 0.6) is 0 Å². The Kier molecular flexibility index (Phi) is 7.19. The van der Waals surface area contributed by atoms with E-state index in [1.165, 1.54) is 28.7 Å². The van der Waals surface area contributed by atoms with E-state index in [0.29, 0.717) is 8.98 Å². The van der Waals surface area contributed by atoms with Crippen LogP contribution in [0.1, 0.15) is 11.1 Å². The average Bonchev–Trinajstić information content (AvgIpc) is 3.15. The molecule has 0 bridgehead atoms. The fourth-order valence-corrected chi connectivity index (χ4v) is 5.28. The summed E-state index contributed by atoms with van der Waals surface area (Å²) in [5, 5.41) is 8.22. The van der Waals surface area contributed by atoms with Crippen LogP contribution in [0.4, 0.5) is 5.69 Å². The molecule has 0 saturated heterocycles. The highest BCUT2D eigenvalue weighted by Crippen LogP contribution is 2.25. The van der Waals surface area contributed by atoms with Gasteiger partial charge in [0, 0.05) is 10.7 Å². The second-order valence-electron chi connectivity index (χ2n) is 6.68. The lowest BCUT2D eigenvalue weighted by molar-refractivity contribution is -0.113. The summed E-state index contributed by atoms with van der Waals surface area (Å²) < 4.78 is 3.05. The molecule has 0 radical (unpaired) electrons. The first-order valence-corrected chi connectivity index (χ1v) is 12.1. The van der Waals surface area contributed by atoms with Gasteiger partial charge in [0.2, 0.25) is 5.91 Å². The molecule has 0 aliphatic carbocycles. The summed E-state index contributed by atoms with van der Waals surface area (Å²) in [6.07, 6.45) is 0.761. The summed E-state index contributed by atoms with van der Waals surface area (Å²) in [5.74, 6) is 0.174. The second-order valence-corrected chi connectivity index (χ2v) is 9.96. The van der Waals surface area contributed by atoms with Crippen LogP contribution in [0.2, 0.25) is 5.02 Å². The molecule has 1 heterocycles. The van der Waals surface area contributed by atoms with Crippen LogP contribution in [-0.2, 0) is 11.2 Å². The van der Waals surface area contributed by atoms with Crippen molar-refractivity contribution in [1.29, 1.82) is 0 Å². The summed E-state index contributed by atoms with van der Waals surface area (Å²) >= 11 is 14.1. The first-order chi connectivity index (χ1) is 15.1. The second kappa shape index (κ2) is 10.2. The third-order valence-electron chi connectivity index (χ3n) is 4.46. The molecule has 31 heavy (non-hydrogen) atoms. The van der Waals surface area contributed by atoms with Crippen LogP contribution in [0, 0.1) is 3.95 Å². The van der Waals surface area contributed by atoms with Crippen LogP contribution in [-0.4, -0.2) is 21.4 Å². The van der Waals surface area contributed by atoms with Crippen LogP contribution < -0.4 is 5.32 Å². The van der Waals surface area contributed by atoms with Crippen molar-refractivity contribution < 1.29 is 4.79 Å². The van der Waals surface area contributed by atoms with Gasteiger partial charge in [-0.05, 0) is 60.1 Å². The standard InChI is InChI=1S/C23H18ClN3OS3/c24-18-10-12-19(13-11-18)27-23(29)31-22(26-27)30-15-21(28)25-20-9-5-4-8-17(20)14-16-6-2-1-3-7-16/h1-13H,14-15H2,(H,25,28). The Hall–Kier alpha value is -2.45. The predicted molar refractivity (Wildman–Crippen MR) is 132 cm³/mol. The molecule has 0 spiro atoms. The molecule has 0 aliphatic rings. The predicted octanol–water partition coefficient (Wildman–Crippen LogP) is 6.64. The third-order valence-corrected chi connectivity index (χ3v) is 7.07. The van der Waals surface area contributed by atoms with Gasteiger partial charge in [-0.3, -0.25) is 4.79 Å². The molecule has 1 aromatic heterocycles. The first-order valence-electron chi connectivity index (χ1n) is 9.49. The molecular formula is C23H18ClN3OS3. The largest absolute Gasteiger partial charge is 0.325 e. The van der Waals surface area contributed by atoms with Crippen molar-refractivity contribution in [3.8, 4) is 5.69 Å². The molecule has 1 N–H and O–H groups in total. The number of carbonyl (C=O) groups excluding carboxylic acids is 1. The fraction of sp³-hybridized carbons (Fsp3) is 0.0870. The van der Waals surface area contributed by atoms with Crippen LogP contribution in [0.25, 0.3) is 5.69 Å². The van der Waals surface area contributed by atoms with Gasteiger partial charge in [-0.1, -0.05) is 83.2 Å². The molecule has 0 unspecified atom stereocenters. The van der Waals surface area contributed by atoms with Crippen molar-refractivity contribution in [2.24, 2.45) is 0 Å². The number of nitrogens with one attached hydrogen (secondary N) is 1. The summed E-state index contributed by atoms with van der Waals surface area (Å²) in [6.45, 7) is 0. The number of hydrogen-bond acceptors (Lipinski definition) is 5. The Balaban J connectivity index is 1.40. The molecule has 0 atom stereocenters. The molecule has 0 fully saturated rings. The zero-order valence-corrected chi connectivity index (χ0v) is 19.5. The number of para-hydroxylation sites is 1. The van der Waals surface area contributed by atoms with E-state index in [2.05, 4.69) is 22.5 Å². The number of hydrogen-bond donors (Lipinski definition) is 1. The van der Waals surface area contributed by atoms with Crippen LogP contribution in [0.3, 0.4) is 0 Å². The zero-order chi connectivity index (χ0) is 21.6. The molecular weight excluding hydrogens is 466 g/mol. The van der Waals surface area contributed by atoms with Gasteiger partial charge >= 0.3 is 0 Å². The van der Waals surface area contributed by atoms with Crippen LogP contribution in [0.15, 0.2) is 83.2 Å². The van der Waals surface area contributed by atoms with Gasteiger partial charge in [0.05, 0.1) is 11.4 Å². The molecule has 4 nitrogen and oxygen atoms in total. The molecule has 0 saturated carbocycles. The highest BCUT2D eigenvalue weighted by atomic mass is 35.5. The molecule has 8 heteroatoms. The summed E-state index contributed by atoms with van der Waals surface area (Å²) in [7, 11) is 0. The van der Waals surface area contributed by atoms with Crippen molar-refractivity contribution in [2.75, 3.05) is 11.1 Å². The third kappa shape index (κ3) is 5.83. The lowest BCUT2D eigenvalue weighted by atomic mass is 10.0. The monoisotopic (exact) mass is 483 g/mol. The van der Waals surface area contributed by atoms with E-state index in [0.717, 1.165) is 27.7 Å². The van der Waals surface area contributed by atoms with Gasteiger partial charge in [0.15, 0.2) is 8.29 Å². The van der Waals surface area contributed by atoms with E-state index in [9.17, 15) is 4.79 Å². The van der Waals surface area contributed by atoms with Crippen molar-refractivity contribution in [3.63, 3.8) is 0 Å². The molecule has 0 aliphatic heterocycles. The normalized spacial score (nSPS) is 10.7. The number of nitrogens with zero attached hydrogens (tertiary/aromatic N) is 2. The number of benzene rings is 3. The molecule has 3 aromatic carbocycles. The van der Waals surface area contributed by atoms with E-state index in [1.54, 1.807) is 16.8 Å². The Morgan fingerprint density at radius 1 is 1.03 bits per heavy atom. The molecule has 4 aromatic rings.